The molecule has 2 aromatic carbocycles. The number of nitrogens with two attached hydrogens (primary N) is 1. The molecule has 0 bridgehead atoms. The lowest BCUT2D eigenvalue weighted by Gasteiger charge is -2.23. The van der Waals surface area contributed by atoms with E-state index in [0.717, 1.165) is 6.07 Å². The molecule has 7 nitrogen and oxygen atoms in total. The molecule has 0 radical (unpaired) electrons. The number of primary amides is 1. The molecule has 9 heteroatoms. The van der Waals surface area contributed by atoms with E-state index in [1.54, 1.807) is 19.1 Å². The smallest absolute Gasteiger partial charge is 0.268 e. The fourth-order valence-electron chi connectivity index (χ4n) is 3.39. The standard InChI is InChI=1S/C20H19ClFN3O4/c1-11-3-2-4-15(16(11)17(23)26)25-6-5-20(29,19(25)28)18(27)24-10-12-7-13(21)9-14(22)8-12/h2-4,7-9,29H,5-6,10H2,1H3,(H2,23,26)(H,24,27)/t20-/m0/s1. The van der Waals surface area contributed by atoms with E-state index in [9.17, 15) is 23.9 Å². The minimum absolute atomic E-state index is 0.0261. The molecule has 4 N–H and O–H groups in total. The highest BCUT2D eigenvalue weighted by Gasteiger charge is 2.52. The van der Waals surface area contributed by atoms with Crippen LogP contribution in [0, 0.1) is 12.7 Å². The Morgan fingerprint density at radius 1 is 1.34 bits per heavy atom. The molecule has 1 atom stereocenters. The normalized spacial score (nSPS) is 18.8. The van der Waals surface area contributed by atoms with E-state index in [1.165, 1.54) is 23.1 Å². The second-order valence-electron chi connectivity index (χ2n) is 6.86. The van der Waals surface area contributed by atoms with Crippen molar-refractivity contribution in [1.82, 2.24) is 5.32 Å². The first kappa shape index (κ1) is 20.8. The van der Waals surface area contributed by atoms with Gasteiger partial charge in [0.1, 0.15) is 5.82 Å². The minimum Gasteiger partial charge on any atom is -0.372 e. The van der Waals surface area contributed by atoms with Crippen LogP contribution in [0.3, 0.4) is 0 Å². The van der Waals surface area contributed by atoms with Crippen LogP contribution in [0.25, 0.3) is 0 Å². The van der Waals surface area contributed by atoms with Gasteiger partial charge in [0, 0.05) is 24.5 Å². The second-order valence-corrected chi connectivity index (χ2v) is 7.30. The number of anilines is 1. The summed E-state index contributed by atoms with van der Waals surface area (Å²) < 4.78 is 13.4. The first-order valence-corrected chi connectivity index (χ1v) is 9.18. The number of halogens is 2. The van der Waals surface area contributed by atoms with E-state index >= 15 is 0 Å². The van der Waals surface area contributed by atoms with Gasteiger partial charge in [-0.25, -0.2) is 4.39 Å². The SMILES string of the molecule is Cc1cccc(N2CC[C@](O)(C(=O)NCc3cc(F)cc(Cl)c3)C2=O)c1C(N)=O. The van der Waals surface area contributed by atoms with Gasteiger partial charge in [-0.05, 0) is 42.3 Å². The summed E-state index contributed by atoms with van der Waals surface area (Å²) in [5.74, 6) is -3.06. The number of rotatable bonds is 5. The maximum atomic E-state index is 13.4. The molecular weight excluding hydrogens is 401 g/mol. The fraction of sp³-hybridized carbons (Fsp3) is 0.250. The Balaban J connectivity index is 1.80. The molecule has 0 unspecified atom stereocenters. The van der Waals surface area contributed by atoms with Crippen LogP contribution in [0.5, 0.6) is 0 Å². The van der Waals surface area contributed by atoms with Crippen LogP contribution in [0.4, 0.5) is 10.1 Å². The quantitative estimate of drug-likeness (QED) is 0.640. The number of aliphatic hydroxyl groups is 1. The lowest BCUT2D eigenvalue weighted by Crippen LogP contribution is -2.52. The van der Waals surface area contributed by atoms with Crippen LogP contribution in [0.1, 0.15) is 27.9 Å². The first-order chi connectivity index (χ1) is 13.6. The maximum Gasteiger partial charge on any atom is 0.268 e. The predicted octanol–water partition coefficient (Wildman–Crippen LogP) is 1.67. The van der Waals surface area contributed by atoms with Crippen molar-refractivity contribution in [3.8, 4) is 0 Å². The zero-order chi connectivity index (χ0) is 21.3. The average molecular weight is 420 g/mol. The Labute approximate surface area is 171 Å². The van der Waals surface area contributed by atoms with Crippen molar-refractivity contribution in [3.05, 3.63) is 63.9 Å². The molecule has 1 aliphatic rings. The summed E-state index contributed by atoms with van der Waals surface area (Å²) in [6.45, 7) is 1.58. The number of nitrogens with one attached hydrogen (secondary N) is 1. The van der Waals surface area contributed by atoms with Gasteiger partial charge in [0.25, 0.3) is 17.7 Å². The number of nitrogens with zero attached hydrogens (tertiary/aromatic N) is 1. The van der Waals surface area contributed by atoms with Crippen molar-refractivity contribution >= 4 is 35.0 Å². The van der Waals surface area contributed by atoms with Crippen LogP contribution >= 0.6 is 11.6 Å². The Bertz CT molecular complexity index is 993. The zero-order valence-electron chi connectivity index (χ0n) is 15.5. The van der Waals surface area contributed by atoms with Gasteiger partial charge >= 0.3 is 0 Å². The van der Waals surface area contributed by atoms with Crippen molar-refractivity contribution in [2.75, 3.05) is 11.4 Å². The summed E-state index contributed by atoms with van der Waals surface area (Å²) >= 11 is 5.78. The second kappa shape index (κ2) is 7.81. The molecule has 1 fully saturated rings. The number of carbonyl (C=O) groups excluding carboxylic acids is 3. The van der Waals surface area contributed by atoms with Gasteiger partial charge in [0.15, 0.2) is 0 Å². The molecule has 2 aromatic rings. The van der Waals surface area contributed by atoms with Gasteiger partial charge in [-0.15, -0.1) is 0 Å². The number of hydrogen-bond acceptors (Lipinski definition) is 4. The molecule has 1 aliphatic heterocycles. The summed E-state index contributed by atoms with van der Waals surface area (Å²) in [7, 11) is 0. The number of aryl methyl sites for hydroxylation is 1. The predicted molar refractivity (Wildman–Crippen MR) is 105 cm³/mol. The van der Waals surface area contributed by atoms with Crippen molar-refractivity contribution in [3.63, 3.8) is 0 Å². The third-order valence-corrected chi connectivity index (χ3v) is 5.05. The molecule has 1 saturated heterocycles. The fourth-order valence-corrected chi connectivity index (χ4v) is 3.63. The summed E-state index contributed by atoms with van der Waals surface area (Å²) in [5.41, 5.74) is 4.47. The topological polar surface area (TPSA) is 113 Å². The minimum atomic E-state index is -2.31. The summed E-state index contributed by atoms with van der Waals surface area (Å²) in [6, 6.07) is 8.62. The molecule has 0 aromatic heterocycles. The third-order valence-electron chi connectivity index (χ3n) is 4.84. The van der Waals surface area contributed by atoms with Crippen LogP contribution in [-0.4, -0.2) is 35.0 Å². The lowest BCUT2D eigenvalue weighted by molar-refractivity contribution is -0.149. The number of hydrogen-bond donors (Lipinski definition) is 3. The van der Waals surface area contributed by atoms with E-state index < -0.39 is 29.1 Å². The van der Waals surface area contributed by atoms with Crippen LogP contribution in [-0.2, 0) is 16.1 Å². The molecule has 3 amide bonds. The van der Waals surface area contributed by atoms with E-state index in [4.69, 9.17) is 17.3 Å². The highest BCUT2D eigenvalue weighted by Crippen LogP contribution is 2.32. The Morgan fingerprint density at radius 3 is 2.72 bits per heavy atom. The van der Waals surface area contributed by atoms with E-state index in [-0.39, 0.29) is 35.8 Å². The van der Waals surface area contributed by atoms with Gasteiger partial charge in [-0.3, -0.25) is 14.4 Å². The van der Waals surface area contributed by atoms with Gasteiger partial charge in [-0.1, -0.05) is 23.7 Å². The molecule has 0 aliphatic carbocycles. The highest BCUT2D eigenvalue weighted by molar-refractivity contribution is 6.30. The van der Waals surface area contributed by atoms with E-state index in [1.807, 2.05) is 0 Å². The average Bonchev–Trinajstić information content (AvgIpc) is 2.94. The molecule has 0 spiro atoms. The van der Waals surface area contributed by atoms with Gasteiger partial charge < -0.3 is 21.1 Å². The number of benzene rings is 2. The van der Waals surface area contributed by atoms with Crippen LogP contribution in [0.2, 0.25) is 5.02 Å². The summed E-state index contributed by atoms with van der Waals surface area (Å²) in [6.07, 6.45) is -0.173. The molecule has 29 heavy (non-hydrogen) atoms. The largest absolute Gasteiger partial charge is 0.372 e. The Kier molecular flexibility index (Phi) is 5.59. The third kappa shape index (κ3) is 3.94. The van der Waals surface area contributed by atoms with Crippen LogP contribution in [0.15, 0.2) is 36.4 Å². The zero-order valence-corrected chi connectivity index (χ0v) is 16.3. The monoisotopic (exact) mass is 419 g/mol. The first-order valence-electron chi connectivity index (χ1n) is 8.80. The summed E-state index contributed by atoms with van der Waals surface area (Å²) in [5, 5.41) is 13.3. The summed E-state index contributed by atoms with van der Waals surface area (Å²) in [4.78, 5) is 38.4. The molecule has 1 heterocycles. The number of carbonyl (C=O) groups is 3. The van der Waals surface area contributed by atoms with E-state index in [2.05, 4.69) is 5.32 Å². The molecule has 3 rings (SSSR count). The van der Waals surface area contributed by atoms with Crippen molar-refractivity contribution in [2.24, 2.45) is 5.73 Å². The molecular formula is C20H19ClFN3O4. The van der Waals surface area contributed by atoms with Gasteiger partial charge in [0.2, 0.25) is 5.60 Å². The van der Waals surface area contributed by atoms with Gasteiger partial charge in [-0.2, -0.15) is 0 Å². The highest BCUT2D eigenvalue weighted by atomic mass is 35.5. The molecule has 152 valence electrons. The number of amides is 3. The lowest BCUT2D eigenvalue weighted by atomic mass is 10.0. The molecule has 0 saturated carbocycles. The Hall–Kier alpha value is -2.97. The van der Waals surface area contributed by atoms with Crippen molar-refractivity contribution < 1.29 is 23.9 Å². The van der Waals surface area contributed by atoms with Crippen molar-refractivity contribution in [1.29, 1.82) is 0 Å². The Morgan fingerprint density at radius 2 is 2.07 bits per heavy atom. The van der Waals surface area contributed by atoms with Gasteiger partial charge in [0.05, 0.1) is 11.3 Å². The van der Waals surface area contributed by atoms with Crippen molar-refractivity contribution in [2.45, 2.75) is 25.5 Å². The van der Waals surface area contributed by atoms with Crippen LogP contribution < -0.4 is 16.0 Å². The van der Waals surface area contributed by atoms with E-state index in [0.29, 0.717) is 11.1 Å². The maximum absolute atomic E-state index is 13.4.